The summed E-state index contributed by atoms with van der Waals surface area (Å²) >= 11 is 1.36. The van der Waals surface area contributed by atoms with E-state index in [-0.39, 0.29) is 32.2 Å². The maximum atomic E-state index is 3.06. The maximum absolute atomic E-state index is 3.06. The second kappa shape index (κ2) is 18.7. The Labute approximate surface area is 355 Å². The molecule has 4 heteroatoms. The predicted molar refractivity (Wildman–Crippen MR) is 241 cm³/mol. The van der Waals surface area contributed by atoms with E-state index in [4.69, 9.17) is 0 Å². The van der Waals surface area contributed by atoms with Crippen molar-refractivity contribution in [3.8, 4) is 22.3 Å². The van der Waals surface area contributed by atoms with Gasteiger partial charge in [-0.25, -0.2) is 0 Å². The molecule has 0 unspecified atom stereocenters. The molecule has 0 N–H and O–H groups in total. The molecule has 2 radical (unpaired) electrons. The van der Waals surface area contributed by atoms with Gasteiger partial charge in [-0.05, 0) is 80.6 Å². The Kier molecular flexibility index (Phi) is 14.3. The van der Waals surface area contributed by atoms with E-state index in [1.165, 1.54) is 148 Å². The molecule has 0 saturated carbocycles. The summed E-state index contributed by atoms with van der Waals surface area (Å²) in [5.74, 6) is 0. The molecule has 0 atom stereocenters. The van der Waals surface area contributed by atoms with Gasteiger partial charge in [-0.2, -0.15) is 48.5 Å². The van der Waals surface area contributed by atoms with Gasteiger partial charge in [-0.1, -0.05) is 97.8 Å². The van der Waals surface area contributed by atoms with Crippen LogP contribution in [-0.2, 0) is 49.0 Å². The SMILES string of the molecule is Cc1cc2c(-c3ccc4c5c(cccc35)CC4)cccc2[cH-]1.Cc1cc2c(-c3ccc4c5c(cccc35)CC4)cccc2[cH-]1.Cl.Cl.[CH3-].[Si]=[Zr].[c-]1ccccc1. The Hall–Kier alpha value is -4.04. The van der Waals surface area contributed by atoms with Gasteiger partial charge in [-0.3, -0.25) is 0 Å². The Morgan fingerprint density at radius 3 is 1.22 bits per heavy atom. The van der Waals surface area contributed by atoms with E-state index >= 15 is 0 Å². The number of fused-ring (bicyclic) bond motifs is 2. The van der Waals surface area contributed by atoms with Crippen molar-refractivity contribution in [2.75, 3.05) is 0 Å². The van der Waals surface area contributed by atoms with Crippen molar-refractivity contribution < 1.29 is 23.3 Å². The quantitative estimate of drug-likeness (QED) is 0.120. The maximum Gasteiger partial charge on any atom is -0.171 e. The van der Waals surface area contributed by atoms with E-state index in [0.717, 1.165) is 0 Å². The van der Waals surface area contributed by atoms with Gasteiger partial charge < -0.3 is 7.43 Å². The van der Waals surface area contributed by atoms with Crippen LogP contribution in [0.15, 0.2) is 152 Å². The third-order valence-corrected chi connectivity index (χ3v) is 10.7. The minimum Gasteiger partial charge on any atom is -0.184 e. The first-order valence-corrected chi connectivity index (χ1v) is 22.4. The van der Waals surface area contributed by atoms with Crippen molar-refractivity contribution in [1.82, 2.24) is 0 Å². The van der Waals surface area contributed by atoms with Gasteiger partial charge in [0.2, 0.25) is 0 Å². The van der Waals surface area contributed by atoms with Gasteiger partial charge in [0.1, 0.15) is 0 Å². The summed E-state index contributed by atoms with van der Waals surface area (Å²) in [5.41, 5.74) is 14.2. The van der Waals surface area contributed by atoms with E-state index in [2.05, 4.69) is 148 Å². The molecule has 0 spiro atoms. The van der Waals surface area contributed by atoms with Crippen LogP contribution >= 0.6 is 24.8 Å². The third-order valence-electron chi connectivity index (χ3n) is 10.7. The van der Waals surface area contributed by atoms with Gasteiger partial charge in [-0.15, -0.1) is 93.9 Å². The molecule has 0 bridgehead atoms. The number of rotatable bonds is 2. The molecule has 9 aromatic carbocycles. The van der Waals surface area contributed by atoms with E-state index in [9.17, 15) is 0 Å². The summed E-state index contributed by atoms with van der Waals surface area (Å²) in [5, 5.41) is 11.3. The number of hydrogen-bond donors (Lipinski definition) is 0. The molecule has 0 nitrogen and oxygen atoms in total. The summed E-state index contributed by atoms with van der Waals surface area (Å²) < 4.78 is 0. The molecule has 9 aromatic rings. The number of hydrogen-bond acceptors (Lipinski definition) is 0. The summed E-state index contributed by atoms with van der Waals surface area (Å²) in [4.78, 5) is 0. The van der Waals surface area contributed by atoms with Crippen LogP contribution in [0.25, 0.3) is 65.3 Å². The van der Waals surface area contributed by atoms with Crippen LogP contribution in [0, 0.1) is 27.3 Å². The fraction of sp³-hybridized carbons (Fsp3) is 0.118. The summed E-state index contributed by atoms with van der Waals surface area (Å²) in [6.45, 7) is 7.42. The second-order valence-corrected chi connectivity index (χ2v) is 14.0. The van der Waals surface area contributed by atoms with Crippen molar-refractivity contribution in [3.05, 3.63) is 199 Å². The Balaban J connectivity index is 0.000000169. The normalized spacial score (nSPS) is 11.6. The summed E-state index contributed by atoms with van der Waals surface area (Å²) in [7, 11) is 0. The van der Waals surface area contributed by atoms with Crippen LogP contribution < -0.4 is 0 Å². The molecular formula is C51H44Cl2SiZr-4. The fourth-order valence-electron chi connectivity index (χ4n) is 8.54. The first kappa shape index (κ1) is 42.1. The minimum absolute atomic E-state index is 0. The standard InChI is InChI=1S/2C22H17.C6H5.CH3.2ClH.Si.Zr/c2*1-14-12-17-5-3-6-18(21(17)13-14)19-11-10-16-9-8-15-4-2-7-20(19)22(15)16;1-2-4-6-5-3-1;;;;;/h2*2-7,10-13H,8-9H2,1H3;1-5H;1H3;2*1H;;/q4*-1;;;;. The molecule has 0 aliphatic heterocycles. The molecule has 2 aliphatic rings. The van der Waals surface area contributed by atoms with Crippen LogP contribution in [0.3, 0.4) is 0 Å². The molecule has 0 saturated heterocycles. The zero-order chi connectivity index (χ0) is 35.6. The van der Waals surface area contributed by atoms with Crippen molar-refractivity contribution in [1.29, 1.82) is 0 Å². The fourth-order valence-corrected chi connectivity index (χ4v) is 8.54. The van der Waals surface area contributed by atoms with Gasteiger partial charge in [0.25, 0.3) is 0 Å². The predicted octanol–water partition coefficient (Wildman–Crippen LogP) is 14.0. The molecule has 0 fully saturated rings. The van der Waals surface area contributed by atoms with Crippen molar-refractivity contribution in [2.45, 2.75) is 39.5 Å². The van der Waals surface area contributed by atoms with E-state index in [0.29, 0.717) is 0 Å². The van der Waals surface area contributed by atoms with Gasteiger partial charge in [0.05, 0.1) is 0 Å². The average molecular weight is 847 g/mol. The molecule has 11 rings (SSSR count). The third kappa shape index (κ3) is 8.26. The molecule has 2 aliphatic carbocycles. The number of benzene rings is 7. The minimum atomic E-state index is 0. The van der Waals surface area contributed by atoms with Crippen molar-refractivity contribution in [2.24, 2.45) is 0 Å². The van der Waals surface area contributed by atoms with E-state index < -0.39 is 0 Å². The zero-order valence-corrected chi connectivity index (χ0v) is 36.7. The first-order valence-electron chi connectivity index (χ1n) is 18.2. The Morgan fingerprint density at radius 2 is 0.836 bits per heavy atom. The second-order valence-electron chi connectivity index (χ2n) is 14.0. The number of aryl methyl sites for hydroxylation is 6. The molecule has 274 valence electrons. The number of halogens is 2. The van der Waals surface area contributed by atoms with Crippen LogP contribution in [0.1, 0.15) is 33.4 Å². The molecule has 0 amide bonds. The van der Waals surface area contributed by atoms with Gasteiger partial charge >= 0.3 is 30.2 Å². The molecule has 55 heavy (non-hydrogen) atoms. The average Bonchev–Trinajstić information content (AvgIpc) is 4.00. The van der Waals surface area contributed by atoms with Gasteiger partial charge in [0.15, 0.2) is 0 Å². The summed E-state index contributed by atoms with van der Waals surface area (Å²) in [6, 6.07) is 57.9. The molecule has 0 aromatic heterocycles. The Bertz CT molecular complexity index is 2480. The largest absolute Gasteiger partial charge is 0.184 e. The van der Waals surface area contributed by atoms with Crippen LogP contribution in [0.5, 0.6) is 0 Å². The van der Waals surface area contributed by atoms with Crippen molar-refractivity contribution >= 4 is 74.8 Å². The van der Waals surface area contributed by atoms with Crippen LogP contribution in [0.4, 0.5) is 0 Å². The zero-order valence-electron chi connectivity index (χ0n) is 31.6. The summed E-state index contributed by atoms with van der Waals surface area (Å²) in [6.07, 6.45) is 4.76. The Morgan fingerprint density at radius 1 is 0.455 bits per heavy atom. The molecular weight excluding hydrogens is 803 g/mol. The molecule has 0 heterocycles. The smallest absolute Gasteiger partial charge is 0.171 e. The van der Waals surface area contributed by atoms with Crippen molar-refractivity contribution in [3.63, 3.8) is 0 Å². The van der Waals surface area contributed by atoms with E-state index in [1.54, 1.807) is 0 Å². The monoisotopic (exact) mass is 844 g/mol. The van der Waals surface area contributed by atoms with Gasteiger partial charge in [0, 0.05) is 0 Å². The topological polar surface area (TPSA) is 0 Å². The van der Waals surface area contributed by atoms with Crippen LogP contribution in [-0.4, -0.2) is 6.88 Å². The first-order chi connectivity index (χ1) is 25.6. The van der Waals surface area contributed by atoms with Crippen LogP contribution in [0.2, 0.25) is 0 Å². The van der Waals surface area contributed by atoms with E-state index in [1.807, 2.05) is 30.3 Å².